The minimum atomic E-state index is -4.67. The van der Waals surface area contributed by atoms with Crippen LogP contribution in [0.1, 0.15) is 0 Å². The molecule has 0 rings (SSSR count). The molecule has 4 N–H and O–H groups in total. The topological polar surface area (TPSA) is 115 Å². The van der Waals surface area contributed by atoms with Crippen LogP contribution in [0.4, 0.5) is 0 Å². The lowest BCUT2D eigenvalue weighted by molar-refractivity contribution is 0.0206. The van der Waals surface area contributed by atoms with Crippen molar-refractivity contribution < 1.29 is 28.3 Å². The Bertz CT molecular complexity index is 183. The summed E-state index contributed by atoms with van der Waals surface area (Å²) in [6.45, 7) is -0.930. The normalized spacial score (nSPS) is 18.4. The first kappa shape index (κ1) is 9.79. The molecule has 0 fully saturated rings. The standard InChI is InChI=1S/C3H8O6S/c4-1-2(5)3(6)10(7,8)9/h2-6H,1H2,(H,7,8,9). The highest BCUT2D eigenvalue weighted by Crippen LogP contribution is 1.99. The van der Waals surface area contributed by atoms with E-state index in [9.17, 15) is 8.42 Å². The number of rotatable bonds is 3. The molecule has 0 aliphatic carbocycles. The Hall–Kier alpha value is -0.210. The van der Waals surface area contributed by atoms with Crippen LogP contribution in [0.2, 0.25) is 0 Å². The van der Waals surface area contributed by atoms with Gasteiger partial charge in [-0.3, -0.25) is 4.55 Å². The zero-order chi connectivity index (χ0) is 8.36. The summed E-state index contributed by atoms with van der Waals surface area (Å²) in [4.78, 5) is 0. The van der Waals surface area contributed by atoms with Gasteiger partial charge in [-0.15, -0.1) is 0 Å². The van der Waals surface area contributed by atoms with Gasteiger partial charge in [0.25, 0.3) is 10.1 Å². The molecular formula is C3H8O6S. The van der Waals surface area contributed by atoms with Crippen LogP contribution in [-0.2, 0) is 10.1 Å². The van der Waals surface area contributed by atoms with E-state index in [0.29, 0.717) is 0 Å². The van der Waals surface area contributed by atoms with Crippen LogP contribution >= 0.6 is 0 Å². The van der Waals surface area contributed by atoms with Crippen LogP contribution in [0.25, 0.3) is 0 Å². The van der Waals surface area contributed by atoms with E-state index in [1.165, 1.54) is 0 Å². The summed E-state index contributed by atoms with van der Waals surface area (Å²) >= 11 is 0. The van der Waals surface area contributed by atoms with Crippen molar-refractivity contribution in [2.24, 2.45) is 0 Å². The number of aliphatic hydroxyl groups excluding tert-OH is 3. The van der Waals surface area contributed by atoms with E-state index in [-0.39, 0.29) is 0 Å². The second kappa shape index (κ2) is 3.26. The molecule has 2 unspecified atom stereocenters. The van der Waals surface area contributed by atoms with Gasteiger partial charge in [0.15, 0.2) is 0 Å². The molecule has 0 heterocycles. The van der Waals surface area contributed by atoms with Crippen LogP contribution in [-0.4, -0.2) is 46.4 Å². The van der Waals surface area contributed by atoms with Gasteiger partial charge < -0.3 is 15.3 Å². The first-order valence-electron chi connectivity index (χ1n) is 2.33. The molecule has 2 atom stereocenters. The van der Waals surface area contributed by atoms with Gasteiger partial charge >= 0.3 is 0 Å². The molecule has 7 heteroatoms. The Balaban J connectivity index is 4.23. The first-order chi connectivity index (χ1) is 4.39. The highest BCUT2D eigenvalue weighted by atomic mass is 32.2. The number of aliphatic hydroxyl groups is 3. The second-order valence-electron chi connectivity index (χ2n) is 1.66. The van der Waals surface area contributed by atoms with Gasteiger partial charge in [-0.1, -0.05) is 0 Å². The van der Waals surface area contributed by atoms with E-state index in [0.717, 1.165) is 0 Å². The molecule has 10 heavy (non-hydrogen) atoms. The van der Waals surface area contributed by atoms with E-state index in [4.69, 9.17) is 19.9 Å². The van der Waals surface area contributed by atoms with Gasteiger partial charge in [-0.2, -0.15) is 8.42 Å². The molecule has 0 spiro atoms. The van der Waals surface area contributed by atoms with Crippen molar-refractivity contribution in [3.63, 3.8) is 0 Å². The Labute approximate surface area is 57.5 Å². The summed E-state index contributed by atoms with van der Waals surface area (Å²) in [7, 11) is -4.67. The van der Waals surface area contributed by atoms with Crippen LogP contribution in [0.3, 0.4) is 0 Å². The molecule has 0 amide bonds. The van der Waals surface area contributed by atoms with E-state index < -0.39 is 28.3 Å². The maximum atomic E-state index is 9.97. The lowest BCUT2D eigenvalue weighted by atomic mass is 10.4. The summed E-state index contributed by atoms with van der Waals surface area (Å²) in [5, 5.41) is 24.9. The van der Waals surface area contributed by atoms with E-state index in [2.05, 4.69) is 0 Å². The molecule has 6 nitrogen and oxygen atoms in total. The molecule has 0 aromatic carbocycles. The van der Waals surface area contributed by atoms with Crippen LogP contribution < -0.4 is 0 Å². The maximum Gasteiger partial charge on any atom is 0.294 e. The zero-order valence-corrected chi connectivity index (χ0v) is 5.69. The van der Waals surface area contributed by atoms with E-state index in [1.807, 2.05) is 0 Å². The first-order valence-corrected chi connectivity index (χ1v) is 3.83. The molecule has 62 valence electrons. The predicted molar refractivity (Wildman–Crippen MR) is 30.6 cm³/mol. The summed E-state index contributed by atoms with van der Waals surface area (Å²) in [6.07, 6.45) is -1.87. The van der Waals surface area contributed by atoms with Crippen molar-refractivity contribution in [1.29, 1.82) is 0 Å². The van der Waals surface area contributed by atoms with Crippen LogP contribution in [0.15, 0.2) is 0 Å². The van der Waals surface area contributed by atoms with Crippen molar-refractivity contribution in [2.75, 3.05) is 6.61 Å². The summed E-state index contributed by atoms with van der Waals surface area (Å²) in [6, 6.07) is 0. The smallest absolute Gasteiger partial charge is 0.294 e. The highest BCUT2D eigenvalue weighted by molar-refractivity contribution is 7.86. The molecule has 0 bridgehead atoms. The van der Waals surface area contributed by atoms with Crippen molar-refractivity contribution in [3.05, 3.63) is 0 Å². The maximum absolute atomic E-state index is 9.97. The van der Waals surface area contributed by atoms with Gasteiger partial charge in [0.05, 0.1) is 6.61 Å². The minimum absolute atomic E-state index is 0.930. The fraction of sp³-hybridized carbons (Fsp3) is 1.00. The van der Waals surface area contributed by atoms with E-state index >= 15 is 0 Å². The average molecular weight is 172 g/mol. The van der Waals surface area contributed by atoms with E-state index in [1.54, 1.807) is 0 Å². The van der Waals surface area contributed by atoms with Crippen molar-refractivity contribution >= 4 is 10.1 Å². The fourth-order valence-electron chi connectivity index (χ4n) is 0.289. The molecule has 0 aliphatic heterocycles. The van der Waals surface area contributed by atoms with Gasteiger partial charge in [0.1, 0.15) is 6.10 Å². The Morgan fingerprint density at radius 2 is 1.70 bits per heavy atom. The third-order valence-corrected chi connectivity index (χ3v) is 1.75. The Morgan fingerprint density at radius 1 is 1.30 bits per heavy atom. The average Bonchev–Trinajstić information content (AvgIpc) is 1.83. The number of hydrogen-bond donors (Lipinski definition) is 4. The molecular weight excluding hydrogens is 164 g/mol. The third-order valence-electron chi connectivity index (χ3n) is 0.821. The predicted octanol–water partition coefficient (Wildman–Crippen LogP) is -2.45. The van der Waals surface area contributed by atoms with Crippen LogP contribution in [0, 0.1) is 0 Å². The molecule has 0 saturated heterocycles. The molecule has 0 radical (unpaired) electrons. The van der Waals surface area contributed by atoms with Crippen LogP contribution in [0.5, 0.6) is 0 Å². The third kappa shape index (κ3) is 2.58. The summed E-state index contributed by atoms with van der Waals surface area (Å²) < 4.78 is 28.0. The largest absolute Gasteiger partial charge is 0.394 e. The molecule has 0 aliphatic rings. The lowest BCUT2D eigenvalue weighted by Gasteiger charge is -2.10. The van der Waals surface area contributed by atoms with Gasteiger partial charge in [0.2, 0.25) is 5.44 Å². The Kier molecular flexibility index (Phi) is 3.19. The highest BCUT2D eigenvalue weighted by Gasteiger charge is 2.27. The quantitative estimate of drug-likeness (QED) is 0.351. The zero-order valence-electron chi connectivity index (χ0n) is 4.88. The van der Waals surface area contributed by atoms with Crippen molar-refractivity contribution in [3.8, 4) is 0 Å². The Morgan fingerprint density at radius 3 is 1.80 bits per heavy atom. The summed E-state index contributed by atoms with van der Waals surface area (Å²) in [5.74, 6) is 0. The second-order valence-corrected chi connectivity index (χ2v) is 3.17. The molecule has 0 saturated carbocycles. The van der Waals surface area contributed by atoms with Crippen molar-refractivity contribution in [2.45, 2.75) is 11.5 Å². The van der Waals surface area contributed by atoms with Gasteiger partial charge in [-0.25, -0.2) is 0 Å². The number of hydrogen-bond acceptors (Lipinski definition) is 5. The lowest BCUT2D eigenvalue weighted by Crippen LogP contribution is -2.35. The fourth-order valence-corrected chi connectivity index (χ4v) is 0.772. The minimum Gasteiger partial charge on any atom is -0.394 e. The SMILES string of the molecule is O=S(=O)(O)C(O)C(O)CO. The van der Waals surface area contributed by atoms with Gasteiger partial charge in [-0.05, 0) is 0 Å². The summed E-state index contributed by atoms with van der Waals surface area (Å²) in [5.41, 5.74) is -2.34. The van der Waals surface area contributed by atoms with Gasteiger partial charge in [0, 0.05) is 0 Å². The molecule has 0 aromatic heterocycles. The molecule has 0 aromatic rings. The van der Waals surface area contributed by atoms with Crippen molar-refractivity contribution in [1.82, 2.24) is 0 Å². The monoisotopic (exact) mass is 172 g/mol.